The van der Waals surface area contributed by atoms with E-state index in [1.165, 1.54) is 17.0 Å². The van der Waals surface area contributed by atoms with Crippen LogP contribution >= 0.6 is 0 Å². The third-order valence-electron chi connectivity index (χ3n) is 7.52. The van der Waals surface area contributed by atoms with Crippen LogP contribution in [0, 0.1) is 5.82 Å². The lowest BCUT2D eigenvalue weighted by Crippen LogP contribution is -2.53. The maximum Gasteiger partial charge on any atom is 0.327 e. The number of fused-ring (bicyclic) bond motifs is 1. The highest BCUT2D eigenvalue weighted by molar-refractivity contribution is 6.76. The van der Waals surface area contributed by atoms with E-state index in [9.17, 15) is 23.6 Å². The van der Waals surface area contributed by atoms with Crippen LogP contribution < -0.4 is 10.2 Å². The molecule has 5 rings (SSSR count). The van der Waals surface area contributed by atoms with E-state index in [1.807, 2.05) is 0 Å². The fourth-order valence-electron chi connectivity index (χ4n) is 5.27. The molecule has 206 valence electrons. The zero-order valence-electron chi connectivity index (χ0n) is 22.5. The summed E-state index contributed by atoms with van der Waals surface area (Å²) in [5.41, 5.74) is 0.526. The second-order valence-electron chi connectivity index (χ2n) is 11.6. The van der Waals surface area contributed by atoms with Gasteiger partial charge in [-0.2, -0.15) is 0 Å². The minimum atomic E-state index is -1.57. The van der Waals surface area contributed by atoms with Crippen LogP contribution in [-0.2, 0) is 26.4 Å². The number of hydrogen-bond donors (Lipinski definition) is 1. The largest absolute Gasteiger partial charge is 0.361 e. The number of nitrogens with one attached hydrogen (secondary N) is 1. The lowest BCUT2D eigenvalue weighted by molar-refractivity contribution is -0.135. The Morgan fingerprint density at radius 3 is 2.46 bits per heavy atom. The van der Waals surface area contributed by atoms with Gasteiger partial charge in [0.1, 0.15) is 12.5 Å². The van der Waals surface area contributed by atoms with Crippen molar-refractivity contribution in [3.05, 3.63) is 65.0 Å². The molecule has 1 atom stereocenters. The monoisotopic (exact) mass is 552 g/mol. The Hall–Kier alpha value is -3.57. The topological polar surface area (TPSA) is 99.3 Å². The summed E-state index contributed by atoms with van der Waals surface area (Å²) in [6, 6.07) is 11.3. The number of nitrogens with zero attached hydrogens (tertiary/aromatic N) is 3. The summed E-state index contributed by atoms with van der Waals surface area (Å²) >= 11 is 0. The predicted molar refractivity (Wildman–Crippen MR) is 145 cm³/mol. The van der Waals surface area contributed by atoms with Crippen molar-refractivity contribution in [1.82, 2.24) is 15.1 Å². The summed E-state index contributed by atoms with van der Waals surface area (Å²) in [5, 5.41) is 2.84. The molecule has 1 N–H and O–H groups in total. The van der Waals surface area contributed by atoms with E-state index in [0.29, 0.717) is 36.4 Å². The molecule has 0 radical (unpaired) electrons. The average Bonchev–Trinajstić information content (AvgIpc) is 3.52. The number of imide groups is 1. The highest BCUT2D eigenvalue weighted by Gasteiger charge is 2.54. The van der Waals surface area contributed by atoms with E-state index >= 15 is 0 Å². The van der Waals surface area contributed by atoms with Crippen molar-refractivity contribution in [1.29, 1.82) is 0 Å². The Morgan fingerprint density at radius 2 is 1.79 bits per heavy atom. The van der Waals surface area contributed by atoms with Crippen molar-refractivity contribution >= 4 is 37.5 Å². The Bertz CT molecular complexity index is 1330. The van der Waals surface area contributed by atoms with Gasteiger partial charge in [0.15, 0.2) is 5.54 Å². The Kier molecular flexibility index (Phi) is 7.06. The van der Waals surface area contributed by atoms with E-state index in [-0.39, 0.29) is 31.3 Å². The third-order valence-corrected chi connectivity index (χ3v) is 9.22. The van der Waals surface area contributed by atoms with Gasteiger partial charge in [-0.05, 0) is 47.9 Å². The van der Waals surface area contributed by atoms with Crippen LogP contribution in [0.3, 0.4) is 0 Å². The van der Waals surface area contributed by atoms with Gasteiger partial charge in [0, 0.05) is 45.4 Å². The molecule has 11 heteroatoms. The number of rotatable bonds is 9. The number of urea groups is 1. The van der Waals surface area contributed by atoms with Crippen molar-refractivity contribution in [3.63, 3.8) is 0 Å². The van der Waals surface area contributed by atoms with Crippen molar-refractivity contribution in [2.24, 2.45) is 0 Å². The highest BCUT2D eigenvalue weighted by atomic mass is 28.3. The molecule has 0 aliphatic carbocycles. The maximum absolute atomic E-state index is 14.0. The first-order valence-corrected chi connectivity index (χ1v) is 16.9. The smallest absolute Gasteiger partial charge is 0.327 e. The SMILES string of the molecule is C[Si](C)(C)CCOCN1C(=O)N[C@@](CN2Cc3ccc(F)cc3C2=O)(c2ccc(N3CCCC3=O)cc2)C1=O. The minimum absolute atomic E-state index is 0.0389. The molecule has 2 fully saturated rings. The summed E-state index contributed by atoms with van der Waals surface area (Å²) in [6.45, 7) is 7.55. The summed E-state index contributed by atoms with van der Waals surface area (Å²) in [5.74, 6) is -1.41. The fourth-order valence-corrected chi connectivity index (χ4v) is 6.02. The van der Waals surface area contributed by atoms with Gasteiger partial charge in [0.05, 0.1) is 6.54 Å². The number of ether oxygens (including phenoxy) is 1. The van der Waals surface area contributed by atoms with E-state index in [0.717, 1.165) is 17.4 Å². The molecule has 0 saturated carbocycles. The quantitative estimate of drug-likeness (QED) is 0.291. The van der Waals surface area contributed by atoms with Gasteiger partial charge in [0.25, 0.3) is 11.8 Å². The molecule has 3 heterocycles. The Morgan fingerprint density at radius 1 is 1.05 bits per heavy atom. The van der Waals surface area contributed by atoms with Crippen molar-refractivity contribution < 1.29 is 28.3 Å². The molecule has 39 heavy (non-hydrogen) atoms. The first-order valence-electron chi connectivity index (χ1n) is 13.2. The molecule has 5 amide bonds. The standard InChI is InChI=1S/C28H33FN4O5Si/c1-39(2,3)14-13-38-18-33-26(36)28(30-27(33)37,17-31-16-19-6-9-21(29)15-23(19)25(31)35)20-7-10-22(11-8-20)32-12-4-5-24(32)34/h6-11,15H,4-5,12-14,16-18H2,1-3H3,(H,30,37)/t28-/m0/s1. The first-order chi connectivity index (χ1) is 18.5. The van der Waals surface area contributed by atoms with Gasteiger partial charge in [-0.15, -0.1) is 0 Å². The summed E-state index contributed by atoms with van der Waals surface area (Å²) in [6.07, 6.45) is 1.27. The minimum Gasteiger partial charge on any atom is -0.361 e. The number of carbonyl (C=O) groups excluding carboxylic acids is 4. The van der Waals surface area contributed by atoms with Gasteiger partial charge in [-0.3, -0.25) is 14.4 Å². The summed E-state index contributed by atoms with van der Waals surface area (Å²) in [4.78, 5) is 56.7. The van der Waals surface area contributed by atoms with Crippen LogP contribution in [0.5, 0.6) is 0 Å². The molecule has 9 nitrogen and oxygen atoms in total. The van der Waals surface area contributed by atoms with Crippen LogP contribution in [0.2, 0.25) is 25.7 Å². The van der Waals surface area contributed by atoms with Gasteiger partial charge in [-0.25, -0.2) is 14.1 Å². The molecular formula is C28H33FN4O5Si. The molecule has 0 aromatic heterocycles. The number of amides is 5. The lowest BCUT2D eigenvalue weighted by atomic mass is 9.88. The second kappa shape index (κ2) is 10.2. The lowest BCUT2D eigenvalue weighted by Gasteiger charge is -2.32. The Balaban J connectivity index is 1.43. The van der Waals surface area contributed by atoms with Crippen LogP contribution in [0.1, 0.15) is 34.3 Å². The zero-order valence-corrected chi connectivity index (χ0v) is 23.5. The molecule has 0 bridgehead atoms. The summed E-state index contributed by atoms with van der Waals surface area (Å²) in [7, 11) is -1.37. The van der Waals surface area contributed by atoms with Crippen molar-refractivity contribution in [2.45, 2.75) is 50.6 Å². The molecule has 3 aliphatic rings. The van der Waals surface area contributed by atoms with Gasteiger partial charge in [0.2, 0.25) is 5.91 Å². The Labute approximate surface area is 227 Å². The molecule has 3 aliphatic heterocycles. The summed E-state index contributed by atoms with van der Waals surface area (Å²) < 4.78 is 19.6. The number of hydrogen-bond acceptors (Lipinski definition) is 5. The van der Waals surface area contributed by atoms with Crippen LogP contribution in [-0.4, -0.2) is 68.1 Å². The van der Waals surface area contributed by atoms with E-state index < -0.39 is 37.3 Å². The molecule has 2 aromatic rings. The fraction of sp³-hybridized carbons (Fsp3) is 0.429. The number of carbonyl (C=O) groups is 4. The molecule has 2 saturated heterocycles. The maximum atomic E-state index is 14.0. The van der Waals surface area contributed by atoms with Gasteiger partial charge < -0.3 is 19.9 Å². The van der Waals surface area contributed by atoms with E-state index in [4.69, 9.17) is 4.74 Å². The van der Waals surface area contributed by atoms with Crippen LogP contribution in [0.4, 0.5) is 14.9 Å². The van der Waals surface area contributed by atoms with Crippen LogP contribution in [0.25, 0.3) is 0 Å². The van der Waals surface area contributed by atoms with E-state index in [1.54, 1.807) is 35.2 Å². The second-order valence-corrected chi connectivity index (χ2v) is 17.2. The van der Waals surface area contributed by atoms with Crippen molar-refractivity contribution in [2.75, 3.05) is 31.3 Å². The molecule has 0 unspecified atom stereocenters. The average molecular weight is 553 g/mol. The number of halogens is 1. The predicted octanol–water partition coefficient (Wildman–Crippen LogP) is 3.67. The molecular weight excluding hydrogens is 519 g/mol. The first kappa shape index (κ1) is 27.0. The molecule has 2 aromatic carbocycles. The molecule has 0 spiro atoms. The third kappa shape index (κ3) is 5.20. The normalized spacial score (nSPS) is 21.3. The van der Waals surface area contributed by atoms with E-state index in [2.05, 4.69) is 25.0 Å². The number of anilines is 1. The van der Waals surface area contributed by atoms with Crippen molar-refractivity contribution in [3.8, 4) is 0 Å². The van der Waals surface area contributed by atoms with Gasteiger partial charge >= 0.3 is 6.03 Å². The zero-order chi connectivity index (χ0) is 27.9. The number of benzene rings is 2. The van der Waals surface area contributed by atoms with Gasteiger partial charge in [-0.1, -0.05) is 37.8 Å². The van der Waals surface area contributed by atoms with Crippen LogP contribution in [0.15, 0.2) is 42.5 Å². The highest BCUT2D eigenvalue weighted by Crippen LogP contribution is 2.35.